The number of aliphatic hydroxyl groups is 1. The zero-order valence-corrected chi connectivity index (χ0v) is 16.7. The van der Waals surface area contributed by atoms with Crippen molar-refractivity contribution >= 4 is 12.4 Å². The van der Waals surface area contributed by atoms with Crippen molar-refractivity contribution in [1.29, 1.82) is 0 Å². The largest absolute Gasteiger partial charge is 0.380 e. The van der Waals surface area contributed by atoms with Gasteiger partial charge in [-0.05, 0) is 25.0 Å². The topological polar surface area (TPSA) is 32.7 Å². The molecule has 1 N–H and O–H groups in total. The molecule has 1 saturated heterocycles. The molecule has 3 nitrogen and oxygen atoms in total. The van der Waals surface area contributed by atoms with Gasteiger partial charge in [0.1, 0.15) is 5.60 Å². The monoisotopic (exact) mass is 375 g/mol. The highest BCUT2D eigenvalue weighted by atomic mass is 35.5. The van der Waals surface area contributed by atoms with E-state index < -0.39 is 5.60 Å². The van der Waals surface area contributed by atoms with Gasteiger partial charge in [0.25, 0.3) is 0 Å². The molecule has 0 saturated carbocycles. The minimum absolute atomic E-state index is 0. The molecule has 1 aliphatic rings. The van der Waals surface area contributed by atoms with Crippen molar-refractivity contribution in [2.24, 2.45) is 5.92 Å². The van der Waals surface area contributed by atoms with Crippen LogP contribution >= 0.6 is 12.4 Å². The SMILES string of the molecule is CC1CN(CC(C)C(O)(c2ccccc2)c2ccccc2)CC(C)O1.Cl. The van der Waals surface area contributed by atoms with E-state index >= 15 is 0 Å². The van der Waals surface area contributed by atoms with Crippen LogP contribution in [-0.2, 0) is 10.3 Å². The standard InChI is InChI=1S/C22H29NO2.ClH/c1-17(14-23-15-18(2)25-19(3)16-23)22(24,20-10-6-4-7-11-20)21-12-8-5-9-13-21;/h4-13,17-19,24H,14-16H2,1-3H3;1H. The molecule has 2 aromatic rings. The van der Waals surface area contributed by atoms with Gasteiger partial charge in [-0.2, -0.15) is 0 Å². The lowest BCUT2D eigenvalue weighted by atomic mass is 9.76. The Morgan fingerprint density at radius 1 is 0.962 bits per heavy atom. The van der Waals surface area contributed by atoms with Gasteiger partial charge in [-0.1, -0.05) is 67.6 Å². The van der Waals surface area contributed by atoms with Crippen molar-refractivity contribution in [2.75, 3.05) is 19.6 Å². The molecule has 0 aliphatic carbocycles. The summed E-state index contributed by atoms with van der Waals surface area (Å²) in [4.78, 5) is 2.42. The minimum atomic E-state index is -1.01. The third kappa shape index (κ3) is 4.47. The lowest BCUT2D eigenvalue weighted by Gasteiger charge is -2.41. The van der Waals surface area contributed by atoms with Crippen molar-refractivity contribution in [2.45, 2.75) is 38.6 Å². The van der Waals surface area contributed by atoms with Gasteiger partial charge >= 0.3 is 0 Å². The molecule has 26 heavy (non-hydrogen) atoms. The predicted octanol–water partition coefficient (Wildman–Crippen LogP) is 4.09. The van der Waals surface area contributed by atoms with E-state index in [9.17, 15) is 5.11 Å². The maximum Gasteiger partial charge on any atom is 0.118 e. The smallest absolute Gasteiger partial charge is 0.118 e. The maximum absolute atomic E-state index is 11.8. The molecule has 3 atom stereocenters. The summed E-state index contributed by atoms with van der Waals surface area (Å²) in [7, 11) is 0. The predicted molar refractivity (Wildman–Crippen MR) is 109 cm³/mol. The Morgan fingerprint density at radius 3 is 1.81 bits per heavy atom. The van der Waals surface area contributed by atoms with E-state index in [1.54, 1.807) is 0 Å². The molecule has 0 spiro atoms. The Kier molecular flexibility index (Phi) is 7.24. The molecular formula is C22H30ClNO2. The van der Waals surface area contributed by atoms with Crippen LogP contribution in [0.2, 0.25) is 0 Å². The molecule has 1 aliphatic heterocycles. The molecule has 0 bridgehead atoms. The van der Waals surface area contributed by atoms with Crippen LogP contribution in [0.3, 0.4) is 0 Å². The van der Waals surface area contributed by atoms with Crippen LogP contribution in [0, 0.1) is 5.92 Å². The molecule has 142 valence electrons. The quantitative estimate of drug-likeness (QED) is 0.854. The van der Waals surface area contributed by atoms with Gasteiger partial charge in [0.2, 0.25) is 0 Å². The van der Waals surface area contributed by atoms with E-state index in [1.807, 2.05) is 60.7 Å². The Bertz CT molecular complexity index is 615. The van der Waals surface area contributed by atoms with E-state index in [-0.39, 0.29) is 30.5 Å². The Morgan fingerprint density at radius 2 is 1.38 bits per heavy atom. The van der Waals surface area contributed by atoms with E-state index in [0.717, 1.165) is 30.8 Å². The van der Waals surface area contributed by atoms with Crippen molar-refractivity contribution in [3.63, 3.8) is 0 Å². The highest BCUT2D eigenvalue weighted by Crippen LogP contribution is 2.37. The fraction of sp³-hybridized carbons (Fsp3) is 0.455. The summed E-state index contributed by atoms with van der Waals surface area (Å²) < 4.78 is 5.85. The second kappa shape index (κ2) is 9.01. The number of ether oxygens (including phenoxy) is 1. The average molecular weight is 376 g/mol. The molecule has 2 aromatic carbocycles. The molecule has 1 heterocycles. The van der Waals surface area contributed by atoms with Crippen LogP contribution in [-0.4, -0.2) is 41.8 Å². The molecule has 3 unspecified atom stereocenters. The zero-order valence-electron chi connectivity index (χ0n) is 15.8. The summed E-state index contributed by atoms with van der Waals surface area (Å²) >= 11 is 0. The summed E-state index contributed by atoms with van der Waals surface area (Å²) in [5, 5.41) is 11.8. The summed E-state index contributed by atoms with van der Waals surface area (Å²) in [5.74, 6) is 0.0507. The molecule has 0 amide bonds. The van der Waals surface area contributed by atoms with Gasteiger partial charge in [0, 0.05) is 25.6 Å². The number of hydrogen-bond donors (Lipinski definition) is 1. The van der Waals surface area contributed by atoms with Gasteiger partial charge in [-0.3, -0.25) is 4.90 Å². The van der Waals surface area contributed by atoms with Gasteiger partial charge in [0.05, 0.1) is 12.2 Å². The molecule has 0 aromatic heterocycles. The molecule has 3 rings (SSSR count). The second-order valence-electron chi connectivity index (χ2n) is 7.38. The first-order valence-corrected chi connectivity index (χ1v) is 9.21. The van der Waals surface area contributed by atoms with Crippen LogP contribution in [0.1, 0.15) is 31.9 Å². The van der Waals surface area contributed by atoms with Crippen LogP contribution < -0.4 is 0 Å². The van der Waals surface area contributed by atoms with Crippen molar-refractivity contribution in [1.82, 2.24) is 4.90 Å². The van der Waals surface area contributed by atoms with E-state index in [0.29, 0.717) is 0 Å². The Hall–Kier alpha value is -1.39. The van der Waals surface area contributed by atoms with Gasteiger partial charge < -0.3 is 9.84 Å². The number of rotatable bonds is 5. The number of nitrogens with zero attached hydrogens (tertiary/aromatic N) is 1. The minimum Gasteiger partial charge on any atom is -0.380 e. The summed E-state index contributed by atoms with van der Waals surface area (Å²) in [6.07, 6.45) is 0.468. The molecular weight excluding hydrogens is 346 g/mol. The van der Waals surface area contributed by atoms with Crippen LogP contribution in [0.5, 0.6) is 0 Å². The van der Waals surface area contributed by atoms with Gasteiger partial charge in [-0.25, -0.2) is 0 Å². The Balaban J connectivity index is 0.00000243. The normalized spacial score (nSPS) is 22.5. The molecule has 1 fully saturated rings. The zero-order chi connectivity index (χ0) is 17.9. The number of morpholine rings is 1. The van der Waals surface area contributed by atoms with Gasteiger partial charge in [0.15, 0.2) is 0 Å². The molecule has 0 radical (unpaired) electrons. The average Bonchev–Trinajstić information content (AvgIpc) is 2.61. The first-order chi connectivity index (χ1) is 12.0. The fourth-order valence-electron chi connectivity index (χ4n) is 4.07. The third-order valence-corrected chi connectivity index (χ3v) is 5.17. The van der Waals surface area contributed by atoms with Crippen molar-refractivity contribution < 1.29 is 9.84 Å². The summed E-state index contributed by atoms with van der Waals surface area (Å²) in [5.41, 5.74) is 0.888. The highest BCUT2D eigenvalue weighted by molar-refractivity contribution is 5.85. The first-order valence-electron chi connectivity index (χ1n) is 9.21. The van der Waals surface area contributed by atoms with Crippen LogP contribution in [0.4, 0.5) is 0 Å². The molecule has 4 heteroatoms. The van der Waals surface area contributed by atoms with Crippen LogP contribution in [0.15, 0.2) is 60.7 Å². The third-order valence-electron chi connectivity index (χ3n) is 5.17. The summed E-state index contributed by atoms with van der Waals surface area (Å²) in [6, 6.07) is 20.0. The Labute approximate surface area is 163 Å². The van der Waals surface area contributed by atoms with E-state index in [1.165, 1.54) is 0 Å². The number of hydrogen-bond acceptors (Lipinski definition) is 3. The van der Waals surface area contributed by atoms with Crippen molar-refractivity contribution in [3.05, 3.63) is 71.8 Å². The lowest BCUT2D eigenvalue weighted by molar-refractivity contribution is -0.0819. The lowest BCUT2D eigenvalue weighted by Crippen LogP contribution is -2.50. The maximum atomic E-state index is 11.8. The fourth-order valence-corrected chi connectivity index (χ4v) is 4.07. The van der Waals surface area contributed by atoms with Crippen molar-refractivity contribution in [3.8, 4) is 0 Å². The first kappa shape index (κ1) is 20.9. The highest BCUT2D eigenvalue weighted by Gasteiger charge is 2.39. The second-order valence-corrected chi connectivity index (χ2v) is 7.38. The van der Waals surface area contributed by atoms with Crippen LogP contribution in [0.25, 0.3) is 0 Å². The van der Waals surface area contributed by atoms with E-state index in [2.05, 4.69) is 25.7 Å². The van der Waals surface area contributed by atoms with E-state index in [4.69, 9.17) is 4.74 Å². The number of halogens is 1. The summed E-state index contributed by atoms with van der Waals surface area (Å²) in [6.45, 7) is 9.04. The van der Waals surface area contributed by atoms with Gasteiger partial charge in [-0.15, -0.1) is 12.4 Å². The number of benzene rings is 2.